The predicted octanol–water partition coefficient (Wildman–Crippen LogP) is 3.02. The fourth-order valence-electron chi connectivity index (χ4n) is 5.90. The number of aliphatic hydroxyl groups excluding tert-OH is 2. The van der Waals surface area contributed by atoms with E-state index in [0.29, 0.717) is 36.9 Å². The summed E-state index contributed by atoms with van der Waals surface area (Å²) < 4.78 is 59.8. The van der Waals surface area contributed by atoms with Gasteiger partial charge >= 0.3 is 0 Å². The molecule has 0 radical (unpaired) electrons. The molecule has 2 fully saturated rings. The molecular weight excluding hydrogens is 571 g/mol. The van der Waals surface area contributed by atoms with Crippen molar-refractivity contribution in [2.45, 2.75) is 75.9 Å². The number of methoxy groups -OCH3 is 1. The summed E-state index contributed by atoms with van der Waals surface area (Å²) in [6, 6.07) is 2.55. The number of amides is 1. The lowest BCUT2D eigenvalue weighted by molar-refractivity contribution is -0.212. The summed E-state index contributed by atoms with van der Waals surface area (Å²) in [6.45, 7) is 4.85. The summed E-state index contributed by atoms with van der Waals surface area (Å²) in [5.41, 5.74) is 0.587. The number of carbonyl (C=O) groups excluding carboxylic acids is 1. The van der Waals surface area contributed by atoms with Gasteiger partial charge in [0.15, 0.2) is 17.5 Å². The van der Waals surface area contributed by atoms with E-state index in [0.717, 1.165) is 25.0 Å². The molecule has 14 heteroatoms. The molecule has 1 amide bonds. The van der Waals surface area contributed by atoms with Crippen molar-refractivity contribution in [3.05, 3.63) is 53.3 Å². The summed E-state index contributed by atoms with van der Waals surface area (Å²) in [4.78, 5) is 14.3. The van der Waals surface area contributed by atoms with Crippen molar-refractivity contribution in [2.24, 2.45) is 5.92 Å². The van der Waals surface area contributed by atoms with Gasteiger partial charge in [0.05, 0.1) is 24.6 Å². The molecule has 234 valence electrons. The van der Waals surface area contributed by atoms with Gasteiger partial charge in [-0.2, -0.15) is 0 Å². The summed E-state index contributed by atoms with van der Waals surface area (Å²) in [5, 5.41) is 33.3. The molecule has 4 heterocycles. The number of carbonyl (C=O) groups is 1. The molecule has 0 bridgehead atoms. The number of benzene rings is 1. The number of likely N-dealkylation sites (tertiary alicyclic amines) is 1. The van der Waals surface area contributed by atoms with Gasteiger partial charge in [-0.1, -0.05) is 24.2 Å². The van der Waals surface area contributed by atoms with Gasteiger partial charge in [-0.25, -0.2) is 17.9 Å². The van der Waals surface area contributed by atoms with Crippen LogP contribution in [0.2, 0.25) is 0 Å². The Balaban J connectivity index is 1.31. The lowest BCUT2D eigenvalue weighted by Crippen LogP contribution is -2.57. The maximum Gasteiger partial charge on any atom is 0.222 e. The Labute approximate surface area is 246 Å². The van der Waals surface area contributed by atoms with Gasteiger partial charge in [0.1, 0.15) is 35.8 Å². The number of hydrogen-bond donors (Lipinski definition) is 2. The zero-order chi connectivity index (χ0) is 30.8. The van der Waals surface area contributed by atoms with Crippen molar-refractivity contribution >= 4 is 5.91 Å². The van der Waals surface area contributed by atoms with Crippen LogP contribution in [0.4, 0.5) is 13.2 Å². The van der Waals surface area contributed by atoms with Gasteiger partial charge in [-0.05, 0) is 30.9 Å². The highest BCUT2D eigenvalue weighted by molar-refractivity contribution is 5.76. The lowest BCUT2D eigenvalue weighted by atomic mass is 9.89. The Bertz CT molecular complexity index is 1390. The van der Waals surface area contributed by atoms with E-state index in [1.54, 1.807) is 0 Å². The topological polar surface area (TPSA) is 136 Å². The average Bonchev–Trinajstić information content (AvgIpc) is 3.66. The second kappa shape index (κ2) is 13.1. The van der Waals surface area contributed by atoms with Crippen LogP contribution in [0.1, 0.15) is 56.5 Å². The van der Waals surface area contributed by atoms with Crippen molar-refractivity contribution in [1.29, 1.82) is 0 Å². The maximum absolute atomic E-state index is 13.8. The van der Waals surface area contributed by atoms with E-state index < -0.39 is 54.5 Å². The van der Waals surface area contributed by atoms with Gasteiger partial charge in [0.25, 0.3) is 0 Å². The molecular formula is C29H36F3N5O6. The van der Waals surface area contributed by atoms with Gasteiger partial charge in [-0.3, -0.25) is 4.79 Å². The minimum Gasteiger partial charge on any atom is -0.394 e. The minimum atomic E-state index is -1.60. The molecule has 5 atom stereocenters. The zero-order valence-corrected chi connectivity index (χ0v) is 24.2. The first kappa shape index (κ1) is 31.1. The van der Waals surface area contributed by atoms with E-state index in [1.807, 2.05) is 24.8 Å². The third kappa shape index (κ3) is 6.61. The molecule has 2 saturated heterocycles. The number of piperidine rings is 1. The third-order valence-electron chi connectivity index (χ3n) is 8.15. The molecule has 1 aromatic carbocycles. The molecule has 43 heavy (non-hydrogen) atoms. The molecule has 2 aliphatic rings. The SMILES string of the molecule is CO[C@@H]1[C@@H](n2cc(-c3cc(F)c(F)c(F)c3)nn2)[C@@H](O)[C@@H](CO)O[C@@H]1Cc1cc(C2CCN(C(=O)CC(C)C)CC2)on1. The Morgan fingerprint density at radius 3 is 2.47 bits per heavy atom. The van der Waals surface area contributed by atoms with E-state index in [2.05, 4.69) is 15.5 Å². The number of hydrogen-bond acceptors (Lipinski definition) is 9. The number of aromatic nitrogens is 4. The molecule has 0 spiro atoms. The van der Waals surface area contributed by atoms with E-state index >= 15 is 0 Å². The van der Waals surface area contributed by atoms with E-state index in [4.69, 9.17) is 14.0 Å². The average molecular weight is 608 g/mol. The number of rotatable bonds is 9. The number of ether oxygens (including phenoxy) is 2. The van der Waals surface area contributed by atoms with Crippen LogP contribution in [0.5, 0.6) is 0 Å². The zero-order valence-electron chi connectivity index (χ0n) is 24.2. The van der Waals surface area contributed by atoms with Crippen molar-refractivity contribution in [1.82, 2.24) is 25.1 Å². The highest BCUT2D eigenvalue weighted by atomic mass is 19.2. The Morgan fingerprint density at radius 2 is 1.84 bits per heavy atom. The second-order valence-corrected chi connectivity index (χ2v) is 11.6. The fraction of sp³-hybridized carbons (Fsp3) is 0.586. The number of halogens is 3. The van der Waals surface area contributed by atoms with Gasteiger partial charge in [0.2, 0.25) is 5.91 Å². The maximum atomic E-state index is 13.8. The Kier molecular flexibility index (Phi) is 9.49. The van der Waals surface area contributed by atoms with Crippen LogP contribution in [0.15, 0.2) is 28.9 Å². The van der Waals surface area contributed by atoms with Crippen LogP contribution < -0.4 is 0 Å². The van der Waals surface area contributed by atoms with E-state index in [-0.39, 0.29) is 29.5 Å². The van der Waals surface area contributed by atoms with Gasteiger partial charge in [0, 0.05) is 50.6 Å². The van der Waals surface area contributed by atoms with Crippen LogP contribution in [-0.2, 0) is 20.7 Å². The van der Waals surface area contributed by atoms with Crippen LogP contribution >= 0.6 is 0 Å². The van der Waals surface area contributed by atoms with Crippen molar-refractivity contribution < 1.29 is 42.2 Å². The molecule has 3 aromatic rings. The van der Waals surface area contributed by atoms with E-state index in [9.17, 15) is 28.2 Å². The fourth-order valence-corrected chi connectivity index (χ4v) is 5.90. The summed E-state index contributed by atoms with van der Waals surface area (Å²) in [7, 11) is 1.44. The normalized spacial score (nSPS) is 25.0. The third-order valence-corrected chi connectivity index (χ3v) is 8.15. The molecule has 11 nitrogen and oxygen atoms in total. The van der Waals surface area contributed by atoms with Gasteiger partial charge in [-0.15, -0.1) is 5.10 Å². The largest absolute Gasteiger partial charge is 0.394 e. The van der Waals surface area contributed by atoms with Crippen LogP contribution in [0, 0.1) is 23.4 Å². The smallest absolute Gasteiger partial charge is 0.222 e. The molecule has 2 N–H and O–H groups in total. The Morgan fingerprint density at radius 1 is 1.14 bits per heavy atom. The van der Waals surface area contributed by atoms with Gasteiger partial charge < -0.3 is 29.1 Å². The molecule has 2 aromatic heterocycles. The quantitative estimate of drug-likeness (QED) is 0.352. The first-order valence-electron chi connectivity index (χ1n) is 14.4. The first-order valence-corrected chi connectivity index (χ1v) is 14.4. The first-order chi connectivity index (χ1) is 20.6. The molecule has 0 aliphatic carbocycles. The molecule has 2 aliphatic heterocycles. The lowest BCUT2D eigenvalue weighted by Gasteiger charge is -2.43. The minimum absolute atomic E-state index is 0.0429. The van der Waals surface area contributed by atoms with Crippen LogP contribution in [0.3, 0.4) is 0 Å². The summed E-state index contributed by atoms with van der Waals surface area (Å²) in [5.74, 6) is -3.04. The summed E-state index contributed by atoms with van der Waals surface area (Å²) >= 11 is 0. The molecule has 0 unspecified atom stereocenters. The number of aliphatic hydroxyl groups is 2. The molecule has 0 saturated carbocycles. The summed E-state index contributed by atoms with van der Waals surface area (Å²) in [6.07, 6.45) is -0.149. The van der Waals surface area contributed by atoms with Crippen LogP contribution in [-0.4, -0.2) is 92.4 Å². The highest BCUT2D eigenvalue weighted by Crippen LogP contribution is 2.35. The standard InChI is InChI=1S/C29H36F3N5O6/c1-15(2)8-25(39)36-6-4-16(5-7-36)22-11-18(34-43-22)12-23-29(41-3)27(28(40)24(14-38)42-23)37-13-21(33-35-37)17-9-19(30)26(32)20(31)10-17/h9-11,13,15-16,23-24,27-29,38,40H,4-8,12,14H2,1-3H3/t23-,24-,27+,28+,29+/m1/s1. The van der Waals surface area contributed by atoms with Crippen LogP contribution in [0.25, 0.3) is 11.3 Å². The second-order valence-electron chi connectivity index (χ2n) is 11.6. The Hall–Kier alpha value is -3.33. The van der Waals surface area contributed by atoms with E-state index in [1.165, 1.54) is 18.0 Å². The van der Waals surface area contributed by atoms with Crippen molar-refractivity contribution in [3.63, 3.8) is 0 Å². The van der Waals surface area contributed by atoms with Crippen molar-refractivity contribution in [3.8, 4) is 11.3 Å². The monoisotopic (exact) mass is 607 g/mol. The van der Waals surface area contributed by atoms with Crippen molar-refractivity contribution in [2.75, 3.05) is 26.8 Å². The molecule has 5 rings (SSSR count). The predicted molar refractivity (Wildman–Crippen MR) is 145 cm³/mol. The number of nitrogens with zero attached hydrogens (tertiary/aromatic N) is 5. The highest BCUT2D eigenvalue weighted by Gasteiger charge is 2.47.